The molecule has 3 heteroatoms. The van der Waals surface area contributed by atoms with E-state index in [-0.39, 0.29) is 0 Å². The largest absolute Gasteiger partial charge is 0.356 e. The first-order chi connectivity index (χ1) is 7.18. The van der Waals surface area contributed by atoms with Crippen LogP contribution in [0, 0.1) is 5.41 Å². The Morgan fingerprint density at radius 3 is 2.73 bits per heavy atom. The van der Waals surface area contributed by atoms with E-state index < -0.39 is 0 Å². The standard InChI is InChI=1S/C12H23N3/c1-10-8-13-11(15-10)14-9-12(2)6-4-3-5-7-12/h10H,3-9H2,1-2H3,(H2,13,14,15). The molecule has 1 fully saturated rings. The maximum atomic E-state index is 4.43. The Morgan fingerprint density at radius 2 is 2.13 bits per heavy atom. The van der Waals surface area contributed by atoms with Gasteiger partial charge in [0, 0.05) is 12.6 Å². The molecule has 2 aliphatic rings. The average Bonchev–Trinajstić information content (AvgIpc) is 2.63. The number of guanidine groups is 1. The molecule has 2 N–H and O–H groups in total. The normalized spacial score (nSPS) is 29.5. The van der Waals surface area contributed by atoms with E-state index in [0.29, 0.717) is 11.5 Å². The van der Waals surface area contributed by atoms with Crippen LogP contribution in [0.3, 0.4) is 0 Å². The molecule has 0 bridgehead atoms. The Balaban J connectivity index is 1.77. The first-order valence-corrected chi connectivity index (χ1v) is 6.23. The summed E-state index contributed by atoms with van der Waals surface area (Å²) in [5.74, 6) is 1.01. The molecule has 2 rings (SSSR count). The van der Waals surface area contributed by atoms with Crippen molar-refractivity contribution >= 4 is 5.96 Å². The lowest BCUT2D eigenvalue weighted by molar-refractivity contribution is 0.217. The lowest BCUT2D eigenvalue weighted by Crippen LogP contribution is -2.43. The number of rotatable bonds is 2. The van der Waals surface area contributed by atoms with Gasteiger partial charge in [-0.3, -0.25) is 4.99 Å². The summed E-state index contributed by atoms with van der Waals surface area (Å²) in [7, 11) is 0. The summed E-state index contributed by atoms with van der Waals surface area (Å²) in [5, 5.41) is 6.81. The third kappa shape index (κ3) is 2.86. The number of hydrogen-bond acceptors (Lipinski definition) is 3. The predicted molar refractivity (Wildman–Crippen MR) is 64.1 cm³/mol. The van der Waals surface area contributed by atoms with E-state index in [9.17, 15) is 0 Å². The van der Waals surface area contributed by atoms with Crippen molar-refractivity contribution in [3.8, 4) is 0 Å². The topological polar surface area (TPSA) is 36.4 Å². The fourth-order valence-corrected chi connectivity index (χ4v) is 2.54. The number of hydrogen-bond donors (Lipinski definition) is 2. The third-order valence-corrected chi connectivity index (χ3v) is 3.65. The van der Waals surface area contributed by atoms with E-state index in [2.05, 4.69) is 29.5 Å². The van der Waals surface area contributed by atoms with Crippen LogP contribution in [0.1, 0.15) is 46.0 Å². The molecular weight excluding hydrogens is 186 g/mol. The summed E-state index contributed by atoms with van der Waals surface area (Å²) >= 11 is 0. The van der Waals surface area contributed by atoms with Gasteiger partial charge in [0.15, 0.2) is 5.96 Å². The van der Waals surface area contributed by atoms with Gasteiger partial charge < -0.3 is 10.6 Å². The minimum Gasteiger partial charge on any atom is -0.356 e. The minimum atomic E-state index is 0.494. The van der Waals surface area contributed by atoms with Gasteiger partial charge in [-0.15, -0.1) is 0 Å². The highest BCUT2D eigenvalue weighted by atomic mass is 15.2. The molecule has 1 aliphatic heterocycles. The van der Waals surface area contributed by atoms with Gasteiger partial charge in [0.05, 0.1) is 6.54 Å². The van der Waals surface area contributed by atoms with Crippen molar-refractivity contribution in [3.05, 3.63) is 0 Å². The molecule has 1 saturated carbocycles. The molecule has 1 heterocycles. The summed E-state index contributed by atoms with van der Waals surface area (Å²) in [5.41, 5.74) is 0.494. The summed E-state index contributed by atoms with van der Waals surface area (Å²) in [4.78, 5) is 4.43. The van der Waals surface area contributed by atoms with Crippen LogP contribution in [0.5, 0.6) is 0 Å². The first-order valence-electron chi connectivity index (χ1n) is 6.23. The van der Waals surface area contributed by atoms with E-state index in [1.165, 1.54) is 32.1 Å². The Hall–Kier alpha value is -0.730. The van der Waals surface area contributed by atoms with Gasteiger partial charge in [0.2, 0.25) is 0 Å². The van der Waals surface area contributed by atoms with Crippen molar-refractivity contribution in [3.63, 3.8) is 0 Å². The van der Waals surface area contributed by atoms with Crippen molar-refractivity contribution in [2.45, 2.75) is 52.0 Å². The Kier molecular flexibility index (Phi) is 3.17. The number of nitrogens with one attached hydrogen (secondary N) is 2. The molecule has 0 aromatic carbocycles. The highest BCUT2D eigenvalue weighted by Gasteiger charge is 2.27. The number of aliphatic imine (C=N–C) groups is 1. The van der Waals surface area contributed by atoms with Gasteiger partial charge in [0.1, 0.15) is 0 Å². The molecule has 1 unspecified atom stereocenters. The van der Waals surface area contributed by atoms with Gasteiger partial charge in [0.25, 0.3) is 0 Å². The molecule has 3 nitrogen and oxygen atoms in total. The van der Waals surface area contributed by atoms with Crippen LogP contribution >= 0.6 is 0 Å². The van der Waals surface area contributed by atoms with E-state index >= 15 is 0 Å². The molecule has 1 aliphatic carbocycles. The molecule has 0 amide bonds. The summed E-state index contributed by atoms with van der Waals surface area (Å²) in [6, 6.07) is 0.506. The Bertz CT molecular complexity index is 241. The van der Waals surface area contributed by atoms with Crippen LogP contribution in [0.25, 0.3) is 0 Å². The van der Waals surface area contributed by atoms with Crippen LogP contribution in [-0.4, -0.2) is 25.1 Å². The van der Waals surface area contributed by atoms with Crippen molar-refractivity contribution < 1.29 is 0 Å². The zero-order chi connectivity index (χ0) is 10.7. The Labute approximate surface area is 92.7 Å². The fraction of sp³-hybridized carbons (Fsp3) is 0.917. The first kappa shape index (κ1) is 10.8. The molecule has 0 aromatic rings. The van der Waals surface area contributed by atoms with Crippen molar-refractivity contribution in [1.82, 2.24) is 10.6 Å². The van der Waals surface area contributed by atoms with Gasteiger partial charge >= 0.3 is 0 Å². The molecular formula is C12H23N3. The van der Waals surface area contributed by atoms with Crippen LogP contribution < -0.4 is 10.6 Å². The van der Waals surface area contributed by atoms with Gasteiger partial charge in [-0.25, -0.2) is 0 Å². The molecule has 1 atom stereocenters. The summed E-state index contributed by atoms with van der Waals surface area (Å²) < 4.78 is 0. The quantitative estimate of drug-likeness (QED) is 0.728. The number of nitrogens with zero attached hydrogens (tertiary/aromatic N) is 1. The SMILES string of the molecule is CC1CN=C(NCC2(C)CCCCC2)N1. The maximum absolute atomic E-state index is 4.43. The second-order valence-electron chi connectivity index (χ2n) is 5.46. The smallest absolute Gasteiger partial charge is 0.191 e. The summed E-state index contributed by atoms with van der Waals surface area (Å²) in [6.07, 6.45) is 6.94. The molecule has 0 aromatic heterocycles. The van der Waals surface area contributed by atoms with E-state index in [1.807, 2.05) is 0 Å². The Morgan fingerprint density at radius 1 is 1.40 bits per heavy atom. The van der Waals surface area contributed by atoms with E-state index in [0.717, 1.165) is 19.0 Å². The van der Waals surface area contributed by atoms with Crippen LogP contribution in [0.2, 0.25) is 0 Å². The highest BCUT2D eigenvalue weighted by molar-refractivity contribution is 5.81. The molecule has 0 radical (unpaired) electrons. The zero-order valence-electron chi connectivity index (χ0n) is 9.97. The van der Waals surface area contributed by atoms with Crippen LogP contribution in [0.15, 0.2) is 4.99 Å². The monoisotopic (exact) mass is 209 g/mol. The van der Waals surface area contributed by atoms with Crippen molar-refractivity contribution in [1.29, 1.82) is 0 Å². The molecule has 0 saturated heterocycles. The van der Waals surface area contributed by atoms with Crippen LogP contribution in [0.4, 0.5) is 0 Å². The second-order valence-corrected chi connectivity index (χ2v) is 5.46. The molecule has 0 spiro atoms. The van der Waals surface area contributed by atoms with Crippen molar-refractivity contribution in [2.24, 2.45) is 10.4 Å². The summed E-state index contributed by atoms with van der Waals surface area (Å²) in [6.45, 7) is 6.56. The maximum Gasteiger partial charge on any atom is 0.191 e. The van der Waals surface area contributed by atoms with Crippen molar-refractivity contribution in [2.75, 3.05) is 13.1 Å². The average molecular weight is 209 g/mol. The van der Waals surface area contributed by atoms with E-state index in [4.69, 9.17) is 0 Å². The zero-order valence-corrected chi connectivity index (χ0v) is 9.97. The molecule has 15 heavy (non-hydrogen) atoms. The van der Waals surface area contributed by atoms with Gasteiger partial charge in [-0.2, -0.15) is 0 Å². The lowest BCUT2D eigenvalue weighted by Gasteiger charge is -2.33. The lowest BCUT2D eigenvalue weighted by atomic mass is 9.76. The fourth-order valence-electron chi connectivity index (χ4n) is 2.54. The third-order valence-electron chi connectivity index (χ3n) is 3.65. The van der Waals surface area contributed by atoms with Gasteiger partial charge in [-0.1, -0.05) is 26.2 Å². The molecule has 86 valence electrons. The highest BCUT2D eigenvalue weighted by Crippen LogP contribution is 2.34. The van der Waals surface area contributed by atoms with Gasteiger partial charge in [-0.05, 0) is 25.2 Å². The second kappa shape index (κ2) is 4.42. The minimum absolute atomic E-state index is 0.494. The predicted octanol–water partition coefficient (Wildman–Crippen LogP) is 1.89. The van der Waals surface area contributed by atoms with Crippen LogP contribution in [-0.2, 0) is 0 Å². The van der Waals surface area contributed by atoms with E-state index in [1.54, 1.807) is 0 Å².